The first-order valence-corrected chi connectivity index (χ1v) is 10.8. The number of carbonyl (C=O) groups is 1. The van der Waals surface area contributed by atoms with Crippen molar-refractivity contribution >= 4 is 38.3 Å². The van der Waals surface area contributed by atoms with Crippen molar-refractivity contribution in [2.75, 3.05) is 0 Å². The van der Waals surface area contributed by atoms with Gasteiger partial charge >= 0.3 is 0 Å². The standard InChI is InChI=1S/C24H18NO.C5H8O2.Ir/c1-14-12-18-10-11-25-23(24(18)26-14)17-8-9-21-20-7-5-4-6-19(20)15(2)16(3)22(21)13-17;1-4(6)3-5(2)7;/h4-7,9-13H,1-3H3;3,6H,1-2H3;/q-1;;/b;4-3-;. The van der Waals surface area contributed by atoms with E-state index in [1.54, 1.807) is 0 Å². The smallest absolute Gasteiger partial charge is 0.155 e. The maximum absolute atomic E-state index is 10.0. The molecule has 2 heterocycles. The molecule has 5 aromatic rings. The van der Waals surface area contributed by atoms with E-state index in [-0.39, 0.29) is 31.6 Å². The van der Waals surface area contributed by atoms with Crippen LogP contribution < -0.4 is 0 Å². The van der Waals surface area contributed by atoms with Gasteiger partial charge in [0, 0.05) is 43.5 Å². The average Bonchev–Trinajstić information content (AvgIpc) is 3.17. The molecule has 5 heteroatoms. The molecule has 175 valence electrons. The second-order valence-corrected chi connectivity index (χ2v) is 8.30. The molecule has 1 N–H and O–H groups in total. The van der Waals surface area contributed by atoms with E-state index in [1.165, 1.54) is 52.6 Å². The fourth-order valence-electron chi connectivity index (χ4n) is 4.19. The summed E-state index contributed by atoms with van der Waals surface area (Å²) < 4.78 is 5.91. The minimum absolute atomic E-state index is 0. The van der Waals surface area contributed by atoms with E-state index in [0.717, 1.165) is 28.0 Å². The number of ketones is 1. The number of hydrogen-bond acceptors (Lipinski definition) is 4. The number of furan rings is 1. The Morgan fingerprint density at radius 3 is 2.29 bits per heavy atom. The van der Waals surface area contributed by atoms with Crippen molar-refractivity contribution in [1.82, 2.24) is 4.98 Å². The van der Waals surface area contributed by atoms with Gasteiger partial charge in [-0.2, -0.15) is 0 Å². The third-order valence-corrected chi connectivity index (χ3v) is 5.76. The van der Waals surface area contributed by atoms with Crippen molar-refractivity contribution in [3.05, 3.63) is 89.5 Å². The van der Waals surface area contributed by atoms with Crippen molar-refractivity contribution in [2.24, 2.45) is 0 Å². The Balaban J connectivity index is 0.000000357. The van der Waals surface area contributed by atoms with E-state index in [0.29, 0.717) is 0 Å². The number of aromatic nitrogens is 1. The summed E-state index contributed by atoms with van der Waals surface area (Å²) in [7, 11) is 0. The fraction of sp³-hybridized carbons (Fsp3) is 0.172. The summed E-state index contributed by atoms with van der Waals surface area (Å²) in [6.45, 7) is 9.20. The van der Waals surface area contributed by atoms with Gasteiger partial charge in [-0.05, 0) is 57.7 Å². The first-order valence-electron chi connectivity index (χ1n) is 10.8. The summed E-state index contributed by atoms with van der Waals surface area (Å²) >= 11 is 0. The van der Waals surface area contributed by atoms with Crippen LogP contribution in [0.1, 0.15) is 30.7 Å². The predicted molar refractivity (Wildman–Crippen MR) is 135 cm³/mol. The molecule has 0 bridgehead atoms. The van der Waals surface area contributed by atoms with E-state index in [9.17, 15) is 4.79 Å². The Morgan fingerprint density at radius 2 is 1.65 bits per heavy atom. The number of rotatable bonds is 2. The summed E-state index contributed by atoms with van der Waals surface area (Å²) in [5.41, 5.74) is 5.27. The summed E-state index contributed by atoms with van der Waals surface area (Å²) in [4.78, 5) is 14.6. The zero-order chi connectivity index (χ0) is 23.7. The van der Waals surface area contributed by atoms with Gasteiger partial charge in [-0.3, -0.25) is 4.79 Å². The van der Waals surface area contributed by atoms with Crippen LogP contribution >= 0.6 is 0 Å². The molecule has 0 aliphatic heterocycles. The van der Waals surface area contributed by atoms with E-state index < -0.39 is 0 Å². The quantitative estimate of drug-likeness (QED) is 0.0949. The third kappa shape index (κ3) is 4.96. The van der Waals surface area contributed by atoms with Crippen molar-refractivity contribution < 1.29 is 34.4 Å². The van der Waals surface area contributed by atoms with Crippen LogP contribution in [0.2, 0.25) is 0 Å². The average molecular weight is 629 g/mol. The molecular weight excluding hydrogens is 603 g/mol. The second kappa shape index (κ2) is 10.3. The zero-order valence-corrected chi connectivity index (χ0v) is 22.2. The fourth-order valence-corrected chi connectivity index (χ4v) is 4.19. The topological polar surface area (TPSA) is 63.3 Å². The Kier molecular flexibility index (Phi) is 7.71. The molecule has 0 saturated heterocycles. The number of aliphatic hydroxyl groups is 1. The monoisotopic (exact) mass is 629 g/mol. The number of hydrogen-bond donors (Lipinski definition) is 1. The van der Waals surface area contributed by atoms with Crippen molar-refractivity contribution in [2.45, 2.75) is 34.6 Å². The molecule has 0 saturated carbocycles. The Labute approximate surface area is 212 Å². The van der Waals surface area contributed by atoms with Gasteiger partial charge in [-0.25, -0.2) is 0 Å². The zero-order valence-electron chi connectivity index (χ0n) is 19.8. The van der Waals surface area contributed by atoms with Crippen LogP contribution in [0.15, 0.2) is 71.0 Å². The molecular formula is C29H26IrNO3-. The molecule has 0 aliphatic carbocycles. The maximum atomic E-state index is 10.0. The van der Waals surface area contributed by atoms with Gasteiger partial charge in [0.2, 0.25) is 0 Å². The number of aliphatic hydroxyl groups excluding tert-OH is 1. The van der Waals surface area contributed by atoms with Gasteiger partial charge in [0.05, 0.1) is 5.76 Å². The summed E-state index contributed by atoms with van der Waals surface area (Å²) in [6.07, 6.45) is 3.00. The van der Waals surface area contributed by atoms with Gasteiger partial charge in [0.25, 0.3) is 0 Å². The van der Waals surface area contributed by atoms with E-state index in [1.807, 2.05) is 25.3 Å². The Bertz CT molecular complexity index is 1540. The second-order valence-electron chi connectivity index (χ2n) is 8.30. The van der Waals surface area contributed by atoms with Gasteiger partial charge in [0.1, 0.15) is 11.3 Å². The minimum Gasteiger partial charge on any atom is -0.512 e. The molecule has 5 rings (SSSR count). The summed E-state index contributed by atoms with van der Waals surface area (Å²) in [6, 6.07) is 20.3. The number of allylic oxidation sites excluding steroid dienone is 2. The van der Waals surface area contributed by atoms with Crippen LogP contribution in [0.5, 0.6) is 0 Å². The molecule has 0 aliphatic rings. The van der Waals surface area contributed by atoms with Crippen molar-refractivity contribution in [1.29, 1.82) is 0 Å². The van der Waals surface area contributed by atoms with Crippen LogP contribution in [-0.4, -0.2) is 15.9 Å². The first kappa shape index (κ1) is 25.4. The molecule has 3 aromatic carbocycles. The molecule has 1 radical (unpaired) electrons. The molecule has 34 heavy (non-hydrogen) atoms. The molecule has 0 spiro atoms. The van der Waals surface area contributed by atoms with E-state index in [4.69, 9.17) is 9.52 Å². The summed E-state index contributed by atoms with van der Waals surface area (Å²) in [5, 5.41) is 14.5. The third-order valence-electron chi connectivity index (χ3n) is 5.76. The van der Waals surface area contributed by atoms with Crippen molar-refractivity contribution in [3.63, 3.8) is 0 Å². The SMILES string of the molecule is CC(=O)/C=C(/C)O.Cc1cc2ccnc(-c3[c-]cc4c(c3)c(C)c(C)c3ccccc34)c2o1.[Ir]. The summed E-state index contributed by atoms with van der Waals surface area (Å²) in [5.74, 6) is 0.834. The van der Waals surface area contributed by atoms with Gasteiger partial charge in [-0.1, -0.05) is 46.0 Å². The van der Waals surface area contributed by atoms with Crippen LogP contribution in [0.3, 0.4) is 0 Å². The molecule has 4 nitrogen and oxygen atoms in total. The van der Waals surface area contributed by atoms with Gasteiger partial charge < -0.3 is 14.5 Å². The van der Waals surface area contributed by atoms with Crippen LogP contribution in [0.4, 0.5) is 0 Å². The Morgan fingerprint density at radius 1 is 0.971 bits per heavy atom. The molecule has 0 fully saturated rings. The van der Waals surface area contributed by atoms with E-state index in [2.05, 4.69) is 61.3 Å². The number of benzene rings is 3. The molecule has 0 amide bonds. The first-order chi connectivity index (χ1) is 15.8. The number of fused-ring (bicyclic) bond motifs is 4. The maximum Gasteiger partial charge on any atom is 0.155 e. The minimum atomic E-state index is -0.125. The van der Waals surface area contributed by atoms with Crippen LogP contribution in [0, 0.1) is 26.8 Å². The normalized spacial score (nSPS) is 11.3. The number of pyridine rings is 1. The van der Waals surface area contributed by atoms with Gasteiger partial charge in [0.15, 0.2) is 5.78 Å². The number of aryl methyl sites for hydroxylation is 3. The molecule has 0 unspecified atom stereocenters. The Hall–Kier alpha value is -3.27. The number of carbonyl (C=O) groups excluding carboxylic acids is 1. The van der Waals surface area contributed by atoms with Crippen LogP contribution in [-0.2, 0) is 24.9 Å². The van der Waals surface area contributed by atoms with Crippen LogP contribution in [0.25, 0.3) is 43.8 Å². The molecule has 2 aromatic heterocycles. The largest absolute Gasteiger partial charge is 0.512 e. The predicted octanol–water partition coefficient (Wildman–Crippen LogP) is 7.56. The van der Waals surface area contributed by atoms with Gasteiger partial charge in [-0.15, -0.1) is 23.8 Å². The van der Waals surface area contributed by atoms with E-state index >= 15 is 0 Å². The number of nitrogens with zero attached hydrogens (tertiary/aromatic N) is 1. The van der Waals surface area contributed by atoms with Crippen molar-refractivity contribution in [3.8, 4) is 11.3 Å². The molecule has 0 atom stereocenters.